The number of rotatable bonds is 5. The van der Waals surface area contributed by atoms with Crippen LogP contribution in [0.3, 0.4) is 0 Å². The number of benzene rings is 1. The van der Waals surface area contributed by atoms with Crippen LogP contribution in [0.2, 0.25) is 0 Å². The van der Waals surface area contributed by atoms with Crippen molar-refractivity contribution >= 4 is 17.2 Å². The topological polar surface area (TPSA) is 51.7 Å². The second-order valence-corrected chi connectivity index (χ2v) is 7.27. The lowest BCUT2D eigenvalue weighted by Gasteiger charge is -2.28. The molecule has 0 saturated carbocycles. The second kappa shape index (κ2) is 7.21. The predicted molar refractivity (Wildman–Crippen MR) is 93.6 cm³/mol. The van der Waals surface area contributed by atoms with E-state index in [-0.39, 0.29) is 11.8 Å². The Bertz CT molecular complexity index is 729. The van der Waals surface area contributed by atoms with E-state index in [2.05, 4.69) is 4.98 Å². The highest BCUT2D eigenvalue weighted by molar-refractivity contribution is 7.11. The van der Waals surface area contributed by atoms with E-state index >= 15 is 0 Å². The van der Waals surface area contributed by atoms with E-state index in [1.54, 1.807) is 16.2 Å². The molecule has 0 aliphatic carbocycles. The zero-order chi connectivity index (χ0) is 17.1. The van der Waals surface area contributed by atoms with Crippen LogP contribution in [-0.4, -0.2) is 36.1 Å². The summed E-state index contributed by atoms with van der Waals surface area (Å²) >= 11 is 1.62. The molecule has 0 bridgehead atoms. The molecule has 0 fully saturated rings. The van der Waals surface area contributed by atoms with Crippen LogP contribution in [0.5, 0.6) is 11.5 Å². The van der Waals surface area contributed by atoms with E-state index in [4.69, 9.17) is 9.47 Å². The first-order valence-corrected chi connectivity index (χ1v) is 8.93. The number of carbonyl (C=O) groups is 1. The van der Waals surface area contributed by atoms with Crippen LogP contribution in [0.15, 0.2) is 24.4 Å². The molecule has 1 aromatic heterocycles. The number of hydrogen-bond donors (Lipinski definition) is 0. The number of carbonyl (C=O) groups excluding carboxylic acids is 1. The molecule has 1 unspecified atom stereocenters. The summed E-state index contributed by atoms with van der Waals surface area (Å²) < 4.78 is 11.3. The van der Waals surface area contributed by atoms with Gasteiger partial charge in [0.15, 0.2) is 0 Å². The molecular weight excluding hydrogens is 324 g/mol. The van der Waals surface area contributed by atoms with Gasteiger partial charge >= 0.3 is 0 Å². The maximum Gasteiger partial charge on any atom is 0.229 e. The van der Waals surface area contributed by atoms with Crippen molar-refractivity contribution in [3.63, 3.8) is 0 Å². The summed E-state index contributed by atoms with van der Waals surface area (Å²) in [6, 6.07) is 5.80. The number of aromatic nitrogens is 1. The number of thiazole rings is 1. The summed E-state index contributed by atoms with van der Waals surface area (Å²) in [5, 5.41) is 1.02. The van der Waals surface area contributed by atoms with E-state index in [9.17, 15) is 4.79 Å². The lowest BCUT2D eigenvalue weighted by molar-refractivity contribution is -0.136. The zero-order valence-electron chi connectivity index (χ0n) is 14.2. The molecule has 0 saturated heterocycles. The number of amides is 1. The maximum absolute atomic E-state index is 12.7. The van der Waals surface area contributed by atoms with Crippen molar-refractivity contribution in [1.82, 2.24) is 9.88 Å². The van der Waals surface area contributed by atoms with Crippen molar-refractivity contribution in [3.05, 3.63) is 39.8 Å². The summed E-state index contributed by atoms with van der Waals surface area (Å²) in [6.45, 7) is 5.56. The molecule has 0 spiro atoms. The molecule has 3 rings (SSSR count). The van der Waals surface area contributed by atoms with Gasteiger partial charge in [0.1, 0.15) is 18.1 Å². The second-order valence-electron chi connectivity index (χ2n) is 5.95. The summed E-state index contributed by atoms with van der Waals surface area (Å²) in [6.07, 6.45) is 2.52. The number of nitrogens with zero attached hydrogens (tertiary/aromatic N) is 2. The van der Waals surface area contributed by atoms with Crippen LogP contribution >= 0.6 is 11.3 Å². The molecule has 24 heavy (non-hydrogen) atoms. The first-order chi connectivity index (χ1) is 11.6. The van der Waals surface area contributed by atoms with Gasteiger partial charge in [-0.1, -0.05) is 0 Å². The van der Waals surface area contributed by atoms with Gasteiger partial charge in [0.05, 0.1) is 24.1 Å². The van der Waals surface area contributed by atoms with Crippen LogP contribution in [-0.2, 0) is 17.8 Å². The van der Waals surface area contributed by atoms with E-state index in [1.165, 1.54) is 0 Å². The zero-order valence-corrected chi connectivity index (χ0v) is 15.1. The van der Waals surface area contributed by atoms with Crippen molar-refractivity contribution in [2.45, 2.75) is 26.8 Å². The Morgan fingerprint density at radius 1 is 1.50 bits per heavy atom. The summed E-state index contributed by atoms with van der Waals surface area (Å²) in [7, 11) is 1.84. The summed E-state index contributed by atoms with van der Waals surface area (Å²) in [5.74, 6) is 1.62. The van der Waals surface area contributed by atoms with Crippen LogP contribution in [0, 0.1) is 12.8 Å². The number of fused-ring (bicyclic) bond motifs is 1. The number of aryl methyl sites for hydroxylation is 1. The molecule has 1 atom stereocenters. The Morgan fingerprint density at radius 2 is 2.33 bits per heavy atom. The van der Waals surface area contributed by atoms with Crippen molar-refractivity contribution in [1.29, 1.82) is 0 Å². The third-order valence-corrected chi connectivity index (χ3v) is 4.93. The van der Waals surface area contributed by atoms with E-state index in [0.29, 0.717) is 26.2 Å². The highest BCUT2D eigenvalue weighted by Crippen LogP contribution is 2.31. The van der Waals surface area contributed by atoms with Crippen LogP contribution in [0.4, 0.5) is 0 Å². The average Bonchev–Trinajstić information content (AvgIpc) is 2.98. The van der Waals surface area contributed by atoms with Gasteiger partial charge in [-0.3, -0.25) is 4.79 Å². The Labute approximate surface area is 146 Å². The summed E-state index contributed by atoms with van der Waals surface area (Å²) in [4.78, 5) is 19.8. The molecule has 0 N–H and O–H groups in total. The minimum Gasteiger partial charge on any atom is -0.494 e. The van der Waals surface area contributed by atoms with Gasteiger partial charge in [-0.2, -0.15) is 0 Å². The molecule has 1 aromatic carbocycles. The Hall–Kier alpha value is -2.08. The van der Waals surface area contributed by atoms with Crippen molar-refractivity contribution in [2.24, 2.45) is 5.92 Å². The summed E-state index contributed by atoms with van der Waals surface area (Å²) in [5.41, 5.74) is 1.03. The Balaban J connectivity index is 1.67. The monoisotopic (exact) mass is 346 g/mol. The molecule has 128 valence electrons. The SMILES string of the molecule is CCOc1ccc2c(c1)CC(C(=O)N(C)Cc1cnc(C)s1)CO2. The Morgan fingerprint density at radius 3 is 3.04 bits per heavy atom. The quantitative estimate of drug-likeness (QED) is 0.835. The normalized spacial score (nSPS) is 16.2. The Kier molecular flexibility index (Phi) is 5.04. The van der Waals surface area contributed by atoms with Gasteiger partial charge in [0.2, 0.25) is 5.91 Å². The first kappa shape index (κ1) is 16.8. The van der Waals surface area contributed by atoms with Gasteiger partial charge < -0.3 is 14.4 Å². The van der Waals surface area contributed by atoms with Crippen LogP contribution in [0.1, 0.15) is 22.4 Å². The minimum atomic E-state index is -0.159. The van der Waals surface area contributed by atoms with E-state index < -0.39 is 0 Å². The van der Waals surface area contributed by atoms with Crippen molar-refractivity contribution in [3.8, 4) is 11.5 Å². The molecule has 6 heteroatoms. The lowest BCUT2D eigenvalue weighted by atomic mass is 9.95. The number of ether oxygens (including phenoxy) is 2. The van der Waals surface area contributed by atoms with E-state index in [1.807, 2.05) is 45.3 Å². The average molecular weight is 346 g/mol. The van der Waals surface area contributed by atoms with E-state index in [0.717, 1.165) is 26.9 Å². The van der Waals surface area contributed by atoms with Crippen molar-refractivity contribution < 1.29 is 14.3 Å². The van der Waals surface area contributed by atoms with Gasteiger partial charge in [0.25, 0.3) is 0 Å². The highest BCUT2D eigenvalue weighted by Gasteiger charge is 2.28. The highest BCUT2D eigenvalue weighted by atomic mass is 32.1. The molecule has 1 amide bonds. The molecule has 2 aromatic rings. The third-order valence-electron chi connectivity index (χ3n) is 4.04. The molecule has 2 heterocycles. The smallest absolute Gasteiger partial charge is 0.229 e. The minimum absolute atomic E-state index is 0.105. The van der Waals surface area contributed by atoms with Gasteiger partial charge in [-0.15, -0.1) is 11.3 Å². The third kappa shape index (κ3) is 3.70. The molecular formula is C18H22N2O3S. The van der Waals surface area contributed by atoms with Gasteiger partial charge in [-0.05, 0) is 44.0 Å². The molecule has 0 radical (unpaired) electrons. The molecule has 1 aliphatic rings. The maximum atomic E-state index is 12.7. The lowest BCUT2D eigenvalue weighted by Crippen LogP contribution is -2.38. The van der Waals surface area contributed by atoms with Crippen LogP contribution < -0.4 is 9.47 Å². The van der Waals surface area contributed by atoms with Gasteiger partial charge in [-0.25, -0.2) is 4.98 Å². The van der Waals surface area contributed by atoms with Crippen molar-refractivity contribution in [2.75, 3.05) is 20.3 Å². The fraction of sp³-hybridized carbons (Fsp3) is 0.444. The largest absolute Gasteiger partial charge is 0.494 e. The fourth-order valence-electron chi connectivity index (χ4n) is 2.89. The molecule has 5 nitrogen and oxygen atoms in total. The standard InChI is InChI=1S/C18H22N2O3S/c1-4-22-15-5-6-17-13(8-15)7-14(11-23-17)18(21)20(3)10-16-9-19-12(2)24-16/h5-6,8-9,14H,4,7,10-11H2,1-3H3. The fourth-order valence-corrected chi connectivity index (χ4v) is 3.74. The number of hydrogen-bond acceptors (Lipinski definition) is 5. The van der Waals surface area contributed by atoms with Crippen LogP contribution in [0.25, 0.3) is 0 Å². The first-order valence-electron chi connectivity index (χ1n) is 8.11. The predicted octanol–water partition coefficient (Wildman–Crippen LogP) is 3.06. The van der Waals surface area contributed by atoms with Gasteiger partial charge in [0, 0.05) is 18.1 Å². The molecule has 1 aliphatic heterocycles.